The van der Waals surface area contributed by atoms with Gasteiger partial charge in [-0.3, -0.25) is 4.72 Å². The van der Waals surface area contributed by atoms with Crippen LogP contribution < -0.4 is 10.0 Å². The number of hydrogen-bond donors (Lipinski definition) is 3. The summed E-state index contributed by atoms with van der Waals surface area (Å²) in [6.07, 6.45) is 5.34. The summed E-state index contributed by atoms with van der Waals surface area (Å²) in [5.74, 6) is 0. The minimum atomic E-state index is -3.65. The highest BCUT2D eigenvalue weighted by Crippen LogP contribution is 2.26. The van der Waals surface area contributed by atoms with Gasteiger partial charge in [0.2, 0.25) is 0 Å². The van der Waals surface area contributed by atoms with Gasteiger partial charge in [-0.25, -0.2) is 8.42 Å². The predicted octanol–water partition coefficient (Wildman–Crippen LogP) is 3.92. The summed E-state index contributed by atoms with van der Waals surface area (Å²) in [6.45, 7) is 1.07. The molecular formula is C19H20ClN3O2S. The second-order valence-corrected chi connectivity index (χ2v) is 8.75. The molecule has 0 bridgehead atoms. The highest BCUT2D eigenvalue weighted by Gasteiger charge is 2.18. The first-order chi connectivity index (χ1) is 12.5. The van der Waals surface area contributed by atoms with Crippen LogP contribution in [0.1, 0.15) is 18.4 Å². The smallest absolute Gasteiger partial charge is 0.261 e. The Morgan fingerprint density at radius 1 is 1.15 bits per heavy atom. The molecule has 0 amide bonds. The summed E-state index contributed by atoms with van der Waals surface area (Å²) in [6, 6.07) is 12.2. The Hall–Kier alpha value is -2.02. The van der Waals surface area contributed by atoms with Crippen molar-refractivity contribution in [3.05, 3.63) is 59.2 Å². The molecule has 5 nitrogen and oxygen atoms in total. The van der Waals surface area contributed by atoms with Crippen LogP contribution in [0.25, 0.3) is 10.9 Å². The van der Waals surface area contributed by atoms with Crippen LogP contribution in [0.2, 0.25) is 5.02 Å². The fourth-order valence-corrected chi connectivity index (χ4v) is 4.61. The summed E-state index contributed by atoms with van der Waals surface area (Å²) < 4.78 is 27.8. The van der Waals surface area contributed by atoms with Gasteiger partial charge in [0.1, 0.15) is 0 Å². The van der Waals surface area contributed by atoms with Crippen LogP contribution in [0.5, 0.6) is 0 Å². The van der Waals surface area contributed by atoms with Crippen molar-refractivity contribution in [1.29, 1.82) is 0 Å². The minimum absolute atomic E-state index is 0.187. The third-order valence-electron chi connectivity index (χ3n) is 4.77. The standard InChI is InChI=1S/C19H20ClN3O2S/c20-14-3-6-17(7-4-14)26(24,25)23-16-5-8-19-18(11-16)13(12-22-19)10-15-2-1-9-21-15/h3-8,11-12,15,21-23H,1-2,9-10H2. The Labute approximate surface area is 157 Å². The van der Waals surface area contributed by atoms with Crippen LogP contribution in [0, 0.1) is 0 Å². The Morgan fingerprint density at radius 2 is 1.96 bits per heavy atom. The second-order valence-electron chi connectivity index (χ2n) is 6.63. The monoisotopic (exact) mass is 389 g/mol. The van der Waals surface area contributed by atoms with E-state index >= 15 is 0 Å². The lowest BCUT2D eigenvalue weighted by Crippen LogP contribution is -2.23. The van der Waals surface area contributed by atoms with Crippen LogP contribution >= 0.6 is 11.6 Å². The first kappa shape index (κ1) is 17.4. The van der Waals surface area contributed by atoms with Crippen molar-refractivity contribution in [3.63, 3.8) is 0 Å². The largest absolute Gasteiger partial charge is 0.361 e. The van der Waals surface area contributed by atoms with Gasteiger partial charge >= 0.3 is 0 Å². The molecule has 2 aromatic carbocycles. The molecule has 1 saturated heterocycles. The predicted molar refractivity (Wildman–Crippen MR) is 105 cm³/mol. The number of hydrogen-bond acceptors (Lipinski definition) is 3. The van der Waals surface area contributed by atoms with Gasteiger partial charge < -0.3 is 10.3 Å². The van der Waals surface area contributed by atoms with Crippen molar-refractivity contribution in [2.45, 2.75) is 30.2 Å². The van der Waals surface area contributed by atoms with Crippen molar-refractivity contribution in [1.82, 2.24) is 10.3 Å². The van der Waals surface area contributed by atoms with Crippen molar-refractivity contribution < 1.29 is 8.42 Å². The highest BCUT2D eigenvalue weighted by atomic mass is 35.5. The van der Waals surface area contributed by atoms with Crippen LogP contribution in [0.4, 0.5) is 5.69 Å². The summed E-state index contributed by atoms with van der Waals surface area (Å²) in [5, 5.41) is 5.06. The van der Waals surface area contributed by atoms with Crippen molar-refractivity contribution in [2.24, 2.45) is 0 Å². The third kappa shape index (κ3) is 3.58. The lowest BCUT2D eigenvalue weighted by Gasteiger charge is -2.11. The number of H-pyrrole nitrogens is 1. The van der Waals surface area contributed by atoms with Gasteiger partial charge in [-0.1, -0.05) is 11.6 Å². The van der Waals surface area contributed by atoms with Crippen LogP contribution in [-0.4, -0.2) is 26.0 Å². The first-order valence-corrected chi connectivity index (χ1v) is 10.5. The molecule has 0 saturated carbocycles. The number of nitrogens with one attached hydrogen (secondary N) is 3. The number of sulfonamides is 1. The molecule has 1 aromatic heterocycles. The average Bonchev–Trinajstić information content (AvgIpc) is 3.26. The highest BCUT2D eigenvalue weighted by molar-refractivity contribution is 7.92. The number of aromatic nitrogens is 1. The van der Waals surface area contributed by atoms with Crippen molar-refractivity contribution in [3.8, 4) is 0 Å². The van der Waals surface area contributed by atoms with Crippen LogP contribution in [0.3, 0.4) is 0 Å². The summed E-state index contributed by atoms with van der Waals surface area (Å²) in [7, 11) is -3.65. The van der Waals surface area contributed by atoms with Gasteiger partial charge in [-0.05, 0) is 73.8 Å². The lowest BCUT2D eigenvalue weighted by molar-refractivity contribution is 0.601. The van der Waals surface area contributed by atoms with Gasteiger partial charge in [0.25, 0.3) is 10.0 Å². The summed E-state index contributed by atoms with van der Waals surface area (Å²) >= 11 is 5.84. The van der Waals surface area contributed by atoms with E-state index in [4.69, 9.17) is 11.6 Å². The van der Waals surface area contributed by atoms with Crippen LogP contribution in [-0.2, 0) is 16.4 Å². The number of anilines is 1. The van der Waals surface area contributed by atoms with Crippen molar-refractivity contribution in [2.75, 3.05) is 11.3 Å². The second kappa shape index (κ2) is 6.95. The maximum absolute atomic E-state index is 12.6. The minimum Gasteiger partial charge on any atom is -0.361 e. The van der Waals surface area contributed by atoms with Gasteiger partial charge in [0, 0.05) is 33.9 Å². The van der Waals surface area contributed by atoms with E-state index in [1.807, 2.05) is 18.3 Å². The molecule has 1 unspecified atom stereocenters. The molecule has 1 atom stereocenters. The Balaban J connectivity index is 1.61. The topological polar surface area (TPSA) is 74.0 Å². The lowest BCUT2D eigenvalue weighted by atomic mass is 10.0. The maximum Gasteiger partial charge on any atom is 0.261 e. The Morgan fingerprint density at radius 3 is 2.69 bits per heavy atom. The number of benzene rings is 2. The van der Waals surface area contributed by atoms with Crippen LogP contribution in [0.15, 0.2) is 53.6 Å². The molecule has 1 fully saturated rings. The zero-order valence-corrected chi connectivity index (χ0v) is 15.7. The van der Waals surface area contributed by atoms with E-state index in [2.05, 4.69) is 15.0 Å². The molecular weight excluding hydrogens is 370 g/mol. The molecule has 0 spiro atoms. The summed E-state index contributed by atoms with van der Waals surface area (Å²) in [5.41, 5.74) is 2.76. The van der Waals surface area contributed by atoms with Gasteiger partial charge in [-0.15, -0.1) is 0 Å². The molecule has 1 aliphatic rings. The van der Waals surface area contributed by atoms with Gasteiger partial charge in [0.15, 0.2) is 0 Å². The zero-order chi connectivity index (χ0) is 18.1. The molecule has 4 rings (SSSR count). The molecule has 3 N–H and O–H groups in total. The fraction of sp³-hybridized carbons (Fsp3) is 0.263. The Bertz CT molecular complexity index is 1020. The maximum atomic E-state index is 12.6. The zero-order valence-electron chi connectivity index (χ0n) is 14.1. The molecule has 7 heteroatoms. The number of rotatable bonds is 5. The fourth-order valence-electron chi connectivity index (χ4n) is 3.44. The quantitative estimate of drug-likeness (QED) is 0.619. The van der Waals surface area contributed by atoms with E-state index in [1.54, 1.807) is 18.2 Å². The average molecular weight is 390 g/mol. The number of aromatic amines is 1. The third-order valence-corrected chi connectivity index (χ3v) is 6.42. The number of halogens is 1. The Kier molecular flexibility index (Phi) is 4.65. The molecule has 1 aliphatic heterocycles. The van der Waals surface area contributed by atoms with Gasteiger partial charge in [0.05, 0.1) is 4.90 Å². The summed E-state index contributed by atoms with van der Waals surface area (Å²) in [4.78, 5) is 3.46. The first-order valence-electron chi connectivity index (χ1n) is 8.63. The van der Waals surface area contributed by atoms with E-state index in [-0.39, 0.29) is 4.90 Å². The van der Waals surface area contributed by atoms with E-state index in [0.29, 0.717) is 16.8 Å². The molecule has 0 radical (unpaired) electrons. The van der Waals surface area contributed by atoms with Crippen molar-refractivity contribution >= 4 is 38.2 Å². The van der Waals surface area contributed by atoms with Gasteiger partial charge in [-0.2, -0.15) is 0 Å². The SMILES string of the molecule is O=S(=O)(Nc1ccc2[nH]cc(CC3CCCN3)c2c1)c1ccc(Cl)cc1. The van der Waals surface area contributed by atoms with E-state index in [0.717, 1.165) is 23.9 Å². The van der Waals surface area contributed by atoms with E-state index in [9.17, 15) is 8.42 Å². The van der Waals surface area contributed by atoms with E-state index in [1.165, 1.54) is 30.5 Å². The normalized spacial score (nSPS) is 17.7. The number of fused-ring (bicyclic) bond motifs is 1. The molecule has 3 aromatic rings. The molecule has 2 heterocycles. The molecule has 0 aliphatic carbocycles. The molecule has 136 valence electrons. The molecule has 26 heavy (non-hydrogen) atoms. The van der Waals surface area contributed by atoms with E-state index < -0.39 is 10.0 Å².